The van der Waals surface area contributed by atoms with Crippen LogP contribution in [0.1, 0.15) is 26.2 Å². The van der Waals surface area contributed by atoms with Crippen LogP contribution in [0, 0.1) is 5.82 Å². The summed E-state index contributed by atoms with van der Waals surface area (Å²) in [5.41, 5.74) is 1.00. The molecule has 0 saturated carbocycles. The summed E-state index contributed by atoms with van der Waals surface area (Å²) in [6, 6.07) is 11.4. The summed E-state index contributed by atoms with van der Waals surface area (Å²) < 4.78 is 40.1. The maximum atomic E-state index is 13.2. The number of nitrogens with one attached hydrogen (secondary N) is 2. The average molecular weight is 405 g/mol. The van der Waals surface area contributed by atoms with Crippen LogP contribution in [0.2, 0.25) is 0 Å². The average Bonchev–Trinajstić information content (AvgIpc) is 2.69. The second-order valence-electron chi connectivity index (χ2n) is 6.85. The minimum atomic E-state index is -3.50. The number of carbonyl (C=O) groups excluding carboxylic acids is 1. The maximum absolute atomic E-state index is 13.2. The van der Waals surface area contributed by atoms with Gasteiger partial charge in [0.25, 0.3) is 0 Å². The molecular formula is C20H24FN3O3S. The molecule has 2 N–H and O–H groups in total. The SMILES string of the molecule is C[C@@H](Nc1cccc(F)c1)C(=O)Nc1ccc(S(=O)(=O)N2CCCCC2)cc1. The van der Waals surface area contributed by atoms with Crippen LogP contribution in [-0.2, 0) is 14.8 Å². The van der Waals surface area contributed by atoms with Crippen LogP contribution in [0.5, 0.6) is 0 Å². The smallest absolute Gasteiger partial charge is 0.246 e. The summed E-state index contributed by atoms with van der Waals surface area (Å²) in [4.78, 5) is 12.6. The van der Waals surface area contributed by atoms with Crippen LogP contribution in [0.3, 0.4) is 0 Å². The molecule has 150 valence electrons. The number of nitrogens with zero attached hydrogens (tertiary/aromatic N) is 1. The van der Waals surface area contributed by atoms with Crippen LogP contribution in [-0.4, -0.2) is 37.8 Å². The number of hydrogen-bond donors (Lipinski definition) is 2. The van der Waals surface area contributed by atoms with E-state index in [1.165, 1.54) is 28.6 Å². The van der Waals surface area contributed by atoms with Crippen LogP contribution >= 0.6 is 0 Å². The predicted octanol–water partition coefficient (Wildman–Crippen LogP) is 3.44. The van der Waals surface area contributed by atoms with E-state index in [-0.39, 0.29) is 16.6 Å². The molecule has 1 aliphatic heterocycles. The molecule has 0 radical (unpaired) electrons. The molecular weight excluding hydrogens is 381 g/mol. The zero-order chi connectivity index (χ0) is 20.1. The molecule has 0 bridgehead atoms. The molecule has 0 aromatic heterocycles. The molecule has 28 heavy (non-hydrogen) atoms. The summed E-state index contributed by atoms with van der Waals surface area (Å²) in [5.74, 6) is -0.695. The summed E-state index contributed by atoms with van der Waals surface area (Å²) >= 11 is 0. The van der Waals surface area contributed by atoms with E-state index in [9.17, 15) is 17.6 Å². The van der Waals surface area contributed by atoms with Gasteiger partial charge in [0.2, 0.25) is 15.9 Å². The quantitative estimate of drug-likeness (QED) is 0.772. The van der Waals surface area contributed by atoms with Crippen molar-refractivity contribution in [2.75, 3.05) is 23.7 Å². The van der Waals surface area contributed by atoms with E-state index < -0.39 is 16.1 Å². The predicted molar refractivity (Wildman–Crippen MR) is 107 cm³/mol. The van der Waals surface area contributed by atoms with E-state index in [4.69, 9.17) is 0 Å². The molecule has 0 spiro atoms. The lowest BCUT2D eigenvalue weighted by molar-refractivity contribution is -0.116. The Kier molecular flexibility index (Phi) is 6.31. The molecule has 2 aromatic rings. The van der Waals surface area contributed by atoms with Crippen molar-refractivity contribution in [3.63, 3.8) is 0 Å². The molecule has 1 saturated heterocycles. The maximum Gasteiger partial charge on any atom is 0.246 e. The Morgan fingerprint density at radius 3 is 2.36 bits per heavy atom. The highest BCUT2D eigenvalue weighted by Gasteiger charge is 2.25. The van der Waals surface area contributed by atoms with Gasteiger partial charge in [-0.2, -0.15) is 4.31 Å². The third-order valence-corrected chi connectivity index (χ3v) is 6.59. The summed E-state index contributed by atoms with van der Waals surface area (Å²) in [7, 11) is -3.50. The zero-order valence-corrected chi connectivity index (χ0v) is 16.5. The Bertz CT molecular complexity index is 926. The number of anilines is 2. The number of hydrogen-bond acceptors (Lipinski definition) is 4. The van der Waals surface area contributed by atoms with Gasteiger partial charge in [-0.15, -0.1) is 0 Å². The van der Waals surface area contributed by atoms with Crippen LogP contribution in [0.25, 0.3) is 0 Å². The first-order valence-corrected chi connectivity index (χ1v) is 10.7. The Balaban J connectivity index is 1.62. The summed E-state index contributed by atoms with van der Waals surface area (Å²) in [6.45, 7) is 2.75. The molecule has 1 amide bonds. The van der Waals surface area contributed by atoms with Gasteiger partial charge in [-0.1, -0.05) is 12.5 Å². The van der Waals surface area contributed by atoms with Crippen molar-refractivity contribution in [1.29, 1.82) is 0 Å². The van der Waals surface area contributed by atoms with Crippen LogP contribution in [0.4, 0.5) is 15.8 Å². The monoisotopic (exact) mass is 405 g/mol. The van der Waals surface area contributed by atoms with E-state index in [2.05, 4.69) is 10.6 Å². The van der Waals surface area contributed by atoms with E-state index in [0.29, 0.717) is 24.5 Å². The lowest BCUT2D eigenvalue weighted by atomic mass is 10.2. The Morgan fingerprint density at radius 1 is 1.04 bits per heavy atom. The van der Waals surface area contributed by atoms with Crippen molar-refractivity contribution in [2.45, 2.75) is 37.1 Å². The van der Waals surface area contributed by atoms with Gasteiger partial charge < -0.3 is 10.6 Å². The van der Waals surface area contributed by atoms with Crippen LogP contribution in [0.15, 0.2) is 53.4 Å². The molecule has 6 nitrogen and oxygen atoms in total. The van der Waals surface area contributed by atoms with Gasteiger partial charge in [0, 0.05) is 24.5 Å². The fraction of sp³-hybridized carbons (Fsp3) is 0.350. The molecule has 0 aliphatic carbocycles. The van der Waals surface area contributed by atoms with Crippen molar-refractivity contribution < 1.29 is 17.6 Å². The molecule has 8 heteroatoms. The van der Waals surface area contributed by atoms with E-state index >= 15 is 0 Å². The fourth-order valence-corrected chi connectivity index (χ4v) is 4.63. The fourth-order valence-electron chi connectivity index (χ4n) is 3.11. The Morgan fingerprint density at radius 2 is 1.71 bits per heavy atom. The number of benzene rings is 2. The molecule has 2 aromatic carbocycles. The highest BCUT2D eigenvalue weighted by molar-refractivity contribution is 7.89. The number of rotatable bonds is 6. The van der Waals surface area contributed by atoms with Crippen molar-refractivity contribution in [1.82, 2.24) is 4.31 Å². The van der Waals surface area contributed by atoms with Gasteiger partial charge in [0.15, 0.2) is 0 Å². The lowest BCUT2D eigenvalue weighted by Crippen LogP contribution is -2.35. The van der Waals surface area contributed by atoms with Crippen LogP contribution < -0.4 is 10.6 Å². The van der Waals surface area contributed by atoms with Gasteiger partial charge in [0.1, 0.15) is 11.9 Å². The highest BCUT2D eigenvalue weighted by Crippen LogP contribution is 2.22. The molecule has 1 fully saturated rings. The van der Waals surface area contributed by atoms with Crippen molar-refractivity contribution in [2.24, 2.45) is 0 Å². The normalized spacial score (nSPS) is 16.4. The minimum Gasteiger partial charge on any atom is -0.374 e. The summed E-state index contributed by atoms with van der Waals surface area (Å²) in [6.07, 6.45) is 2.81. The van der Waals surface area contributed by atoms with Gasteiger partial charge >= 0.3 is 0 Å². The Labute approximate surface area is 164 Å². The van der Waals surface area contributed by atoms with Crippen molar-refractivity contribution in [3.8, 4) is 0 Å². The number of piperidine rings is 1. The number of carbonyl (C=O) groups is 1. The highest BCUT2D eigenvalue weighted by atomic mass is 32.2. The third-order valence-electron chi connectivity index (χ3n) is 4.68. The van der Waals surface area contributed by atoms with Crippen molar-refractivity contribution >= 4 is 27.3 Å². The van der Waals surface area contributed by atoms with Gasteiger partial charge in [-0.05, 0) is 62.2 Å². The van der Waals surface area contributed by atoms with E-state index in [1.807, 2.05) is 0 Å². The first kappa shape index (κ1) is 20.3. The first-order chi connectivity index (χ1) is 13.4. The molecule has 3 rings (SSSR count). The number of sulfonamides is 1. The van der Waals surface area contributed by atoms with E-state index in [0.717, 1.165) is 19.3 Å². The zero-order valence-electron chi connectivity index (χ0n) is 15.7. The van der Waals surface area contributed by atoms with Gasteiger partial charge in [0.05, 0.1) is 4.90 Å². The number of amides is 1. The molecule has 1 atom stereocenters. The number of halogens is 1. The summed E-state index contributed by atoms with van der Waals surface area (Å²) in [5, 5.41) is 5.66. The molecule has 1 aliphatic rings. The van der Waals surface area contributed by atoms with E-state index in [1.54, 1.807) is 31.2 Å². The standard InChI is InChI=1S/C20H24FN3O3S/c1-15(22-18-7-5-6-16(21)14-18)20(25)23-17-8-10-19(11-9-17)28(26,27)24-12-3-2-4-13-24/h5-11,14-15,22H,2-4,12-13H2,1H3,(H,23,25)/t15-/m1/s1. The lowest BCUT2D eigenvalue weighted by Gasteiger charge is -2.25. The third kappa shape index (κ3) is 4.88. The first-order valence-electron chi connectivity index (χ1n) is 9.29. The van der Waals surface area contributed by atoms with Gasteiger partial charge in [-0.25, -0.2) is 12.8 Å². The topological polar surface area (TPSA) is 78.5 Å². The van der Waals surface area contributed by atoms with Crippen molar-refractivity contribution in [3.05, 3.63) is 54.3 Å². The van der Waals surface area contributed by atoms with Gasteiger partial charge in [-0.3, -0.25) is 4.79 Å². The minimum absolute atomic E-state index is 0.221. The molecule has 1 heterocycles. The second-order valence-corrected chi connectivity index (χ2v) is 8.79. The molecule has 0 unspecified atom stereocenters. The second kappa shape index (κ2) is 8.70. The Hall–Kier alpha value is -2.45. The largest absolute Gasteiger partial charge is 0.374 e.